The van der Waals surface area contributed by atoms with Gasteiger partial charge in [-0.05, 0) is 36.5 Å². The van der Waals surface area contributed by atoms with Gasteiger partial charge in [-0.25, -0.2) is 4.39 Å². The predicted molar refractivity (Wildman–Crippen MR) is 46.4 cm³/mol. The molecule has 2 bridgehead atoms. The summed E-state index contributed by atoms with van der Waals surface area (Å²) in [5.74, 6) is 2.74. The van der Waals surface area contributed by atoms with Crippen molar-refractivity contribution >= 4 is 0 Å². The molecule has 0 amide bonds. The molecule has 5 atom stereocenters. The van der Waals surface area contributed by atoms with Crippen LogP contribution in [0.25, 0.3) is 0 Å². The van der Waals surface area contributed by atoms with Crippen molar-refractivity contribution in [2.45, 2.75) is 19.0 Å². The van der Waals surface area contributed by atoms with Gasteiger partial charge < -0.3 is 0 Å². The summed E-state index contributed by atoms with van der Waals surface area (Å²) in [6.45, 7) is 0. The standard InChI is InChI=1S/C11H13F/c12-9-3-4-10-7-1-2-8(5-7)11(10)6-9/h1-4,7-11H,5-6H2. The van der Waals surface area contributed by atoms with E-state index in [2.05, 4.69) is 18.2 Å². The van der Waals surface area contributed by atoms with Gasteiger partial charge >= 0.3 is 0 Å². The number of allylic oxidation sites excluding steroid dienone is 4. The summed E-state index contributed by atoms with van der Waals surface area (Å²) in [6, 6.07) is 0. The summed E-state index contributed by atoms with van der Waals surface area (Å²) in [6.07, 6.45) is 9.90. The molecule has 0 spiro atoms. The molecule has 3 aliphatic rings. The van der Waals surface area contributed by atoms with Gasteiger partial charge in [0.05, 0.1) is 0 Å². The van der Waals surface area contributed by atoms with Crippen molar-refractivity contribution in [2.24, 2.45) is 23.7 Å². The second-order valence-electron chi connectivity index (χ2n) is 4.33. The maximum atomic E-state index is 13.0. The van der Waals surface area contributed by atoms with Gasteiger partial charge in [0.25, 0.3) is 0 Å². The molecule has 3 aliphatic carbocycles. The lowest BCUT2D eigenvalue weighted by Crippen LogP contribution is -2.24. The van der Waals surface area contributed by atoms with Gasteiger partial charge in [-0.1, -0.05) is 24.3 Å². The van der Waals surface area contributed by atoms with Crippen LogP contribution >= 0.6 is 0 Å². The number of alkyl halides is 1. The largest absolute Gasteiger partial charge is 0.243 e. The first-order chi connectivity index (χ1) is 5.84. The molecule has 5 unspecified atom stereocenters. The molecule has 64 valence electrons. The molecule has 0 N–H and O–H groups in total. The molecule has 0 aromatic carbocycles. The summed E-state index contributed by atoms with van der Waals surface area (Å²) in [7, 11) is 0. The lowest BCUT2D eigenvalue weighted by molar-refractivity contribution is 0.242. The zero-order chi connectivity index (χ0) is 8.13. The van der Waals surface area contributed by atoms with Crippen LogP contribution in [0.1, 0.15) is 12.8 Å². The Kier molecular flexibility index (Phi) is 1.27. The van der Waals surface area contributed by atoms with Gasteiger partial charge in [-0.3, -0.25) is 0 Å². The molecule has 0 aromatic heterocycles. The van der Waals surface area contributed by atoms with E-state index in [1.165, 1.54) is 6.42 Å². The summed E-state index contributed by atoms with van der Waals surface area (Å²) in [5.41, 5.74) is 0. The van der Waals surface area contributed by atoms with Crippen LogP contribution in [0.4, 0.5) is 4.39 Å². The Bertz CT molecular complexity index is 254. The number of hydrogen-bond acceptors (Lipinski definition) is 0. The molecule has 1 heteroatoms. The van der Waals surface area contributed by atoms with E-state index in [1.54, 1.807) is 6.08 Å². The second kappa shape index (κ2) is 2.21. The fourth-order valence-corrected chi connectivity index (χ4v) is 3.17. The van der Waals surface area contributed by atoms with Crippen LogP contribution in [0, 0.1) is 23.7 Å². The van der Waals surface area contributed by atoms with E-state index in [-0.39, 0.29) is 0 Å². The van der Waals surface area contributed by atoms with Crippen LogP contribution in [-0.2, 0) is 0 Å². The Balaban J connectivity index is 1.94. The fourth-order valence-electron chi connectivity index (χ4n) is 3.17. The Morgan fingerprint density at radius 3 is 2.67 bits per heavy atom. The van der Waals surface area contributed by atoms with Crippen molar-refractivity contribution in [1.82, 2.24) is 0 Å². The zero-order valence-electron chi connectivity index (χ0n) is 6.99. The molecule has 0 heterocycles. The van der Waals surface area contributed by atoms with Gasteiger partial charge in [0.15, 0.2) is 0 Å². The Morgan fingerprint density at radius 2 is 1.75 bits per heavy atom. The molecule has 0 nitrogen and oxygen atoms in total. The third-order valence-electron chi connectivity index (χ3n) is 3.73. The quantitative estimate of drug-likeness (QED) is 0.483. The molecule has 0 radical (unpaired) electrons. The van der Waals surface area contributed by atoms with Crippen LogP contribution in [0.15, 0.2) is 24.3 Å². The third-order valence-corrected chi connectivity index (χ3v) is 3.73. The highest BCUT2D eigenvalue weighted by Gasteiger charge is 2.45. The monoisotopic (exact) mass is 164 g/mol. The van der Waals surface area contributed by atoms with Crippen molar-refractivity contribution in [3.05, 3.63) is 24.3 Å². The predicted octanol–water partition coefficient (Wildman–Crippen LogP) is 2.72. The lowest BCUT2D eigenvalue weighted by atomic mass is 9.77. The SMILES string of the molecule is FC1C=CC2C3C=CC(C3)C2C1. The summed E-state index contributed by atoms with van der Waals surface area (Å²) in [5, 5.41) is 0. The number of hydrogen-bond donors (Lipinski definition) is 0. The van der Waals surface area contributed by atoms with Crippen LogP contribution < -0.4 is 0 Å². The molecule has 0 saturated heterocycles. The van der Waals surface area contributed by atoms with Gasteiger partial charge in [-0.15, -0.1) is 0 Å². The topological polar surface area (TPSA) is 0 Å². The first-order valence-electron chi connectivity index (χ1n) is 4.85. The van der Waals surface area contributed by atoms with E-state index in [1.807, 2.05) is 0 Å². The van der Waals surface area contributed by atoms with E-state index in [0.29, 0.717) is 17.8 Å². The molecule has 12 heavy (non-hydrogen) atoms. The molecule has 0 aromatic rings. The second-order valence-corrected chi connectivity index (χ2v) is 4.33. The van der Waals surface area contributed by atoms with Crippen molar-refractivity contribution in [3.8, 4) is 0 Å². The minimum absolute atomic E-state index is 0.625. The number of rotatable bonds is 0. The first kappa shape index (κ1) is 6.88. The highest BCUT2D eigenvalue weighted by Crippen LogP contribution is 2.52. The number of fused-ring (bicyclic) bond motifs is 5. The smallest absolute Gasteiger partial charge is 0.119 e. The average molecular weight is 164 g/mol. The van der Waals surface area contributed by atoms with Gasteiger partial charge in [0, 0.05) is 0 Å². The summed E-state index contributed by atoms with van der Waals surface area (Å²) >= 11 is 0. The zero-order valence-corrected chi connectivity index (χ0v) is 6.99. The molecular weight excluding hydrogens is 151 g/mol. The van der Waals surface area contributed by atoms with Crippen molar-refractivity contribution in [3.63, 3.8) is 0 Å². The highest BCUT2D eigenvalue weighted by molar-refractivity contribution is 5.20. The van der Waals surface area contributed by atoms with E-state index < -0.39 is 6.17 Å². The van der Waals surface area contributed by atoms with Crippen LogP contribution in [0.2, 0.25) is 0 Å². The lowest BCUT2D eigenvalue weighted by Gasteiger charge is -2.29. The molecule has 1 fully saturated rings. The van der Waals surface area contributed by atoms with E-state index in [9.17, 15) is 4.39 Å². The van der Waals surface area contributed by atoms with Crippen LogP contribution in [-0.4, -0.2) is 6.17 Å². The Morgan fingerprint density at radius 1 is 0.917 bits per heavy atom. The van der Waals surface area contributed by atoms with Crippen LogP contribution in [0.3, 0.4) is 0 Å². The minimum Gasteiger partial charge on any atom is -0.243 e. The average Bonchev–Trinajstić information content (AvgIpc) is 2.63. The third kappa shape index (κ3) is 0.769. The van der Waals surface area contributed by atoms with Gasteiger partial charge in [-0.2, -0.15) is 0 Å². The van der Waals surface area contributed by atoms with E-state index in [0.717, 1.165) is 12.3 Å². The van der Waals surface area contributed by atoms with Gasteiger partial charge in [0.1, 0.15) is 6.17 Å². The Labute approximate surface area is 72.2 Å². The molecule has 0 aliphatic heterocycles. The minimum atomic E-state index is -0.668. The first-order valence-corrected chi connectivity index (χ1v) is 4.85. The number of halogens is 1. The molecule has 3 rings (SSSR count). The van der Waals surface area contributed by atoms with Crippen molar-refractivity contribution in [1.29, 1.82) is 0 Å². The highest BCUT2D eigenvalue weighted by atomic mass is 19.1. The molecular formula is C11H13F. The molecule has 1 saturated carbocycles. The summed E-state index contributed by atoms with van der Waals surface area (Å²) in [4.78, 5) is 0. The maximum absolute atomic E-state index is 13.0. The summed E-state index contributed by atoms with van der Waals surface area (Å²) < 4.78 is 13.0. The van der Waals surface area contributed by atoms with Crippen LogP contribution in [0.5, 0.6) is 0 Å². The van der Waals surface area contributed by atoms with E-state index >= 15 is 0 Å². The normalized spacial score (nSPS) is 54.6. The van der Waals surface area contributed by atoms with Crippen molar-refractivity contribution < 1.29 is 4.39 Å². The van der Waals surface area contributed by atoms with E-state index in [4.69, 9.17) is 0 Å². The van der Waals surface area contributed by atoms with Crippen molar-refractivity contribution in [2.75, 3.05) is 0 Å². The Hall–Kier alpha value is -0.590. The fraction of sp³-hybridized carbons (Fsp3) is 0.636. The van der Waals surface area contributed by atoms with Gasteiger partial charge in [0.2, 0.25) is 0 Å². The maximum Gasteiger partial charge on any atom is 0.119 e.